The van der Waals surface area contributed by atoms with Crippen LogP contribution in [0.4, 0.5) is 0 Å². The number of carbonyl (C=O) groups excluding carboxylic acids is 1. The van der Waals surface area contributed by atoms with Gasteiger partial charge in [-0.05, 0) is 44.4 Å². The predicted molar refractivity (Wildman–Crippen MR) is 79.9 cm³/mol. The maximum atomic E-state index is 12.0. The fraction of sp³-hybridized carbons (Fsp3) is 0.562. The van der Waals surface area contributed by atoms with Crippen molar-refractivity contribution >= 4 is 5.91 Å². The molecule has 1 fully saturated rings. The number of carbonyl (C=O) groups is 1. The second kappa shape index (κ2) is 7.29. The van der Waals surface area contributed by atoms with Crippen molar-refractivity contribution in [1.82, 2.24) is 10.6 Å². The van der Waals surface area contributed by atoms with Gasteiger partial charge < -0.3 is 15.4 Å². The molecule has 2 unspecified atom stereocenters. The summed E-state index contributed by atoms with van der Waals surface area (Å²) in [5, 5.41) is 6.53. The molecule has 1 heterocycles. The lowest BCUT2D eigenvalue weighted by Gasteiger charge is -2.28. The molecule has 1 aromatic rings. The molecule has 0 radical (unpaired) electrons. The van der Waals surface area contributed by atoms with E-state index in [0.29, 0.717) is 18.5 Å². The summed E-state index contributed by atoms with van der Waals surface area (Å²) < 4.78 is 5.30. The number of nitrogens with one attached hydrogen (secondary N) is 2. The summed E-state index contributed by atoms with van der Waals surface area (Å²) in [6, 6.07) is 8.67. The summed E-state index contributed by atoms with van der Waals surface area (Å²) in [6.07, 6.45) is 3.26. The van der Waals surface area contributed by atoms with Crippen molar-refractivity contribution in [3.63, 3.8) is 0 Å². The Morgan fingerprint density at radius 2 is 2.25 bits per heavy atom. The van der Waals surface area contributed by atoms with E-state index in [-0.39, 0.29) is 5.91 Å². The van der Waals surface area contributed by atoms with Gasteiger partial charge in [-0.3, -0.25) is 4.79 Å². The number of aryl methyl sites for hydroxylation is 1. The molecule has 0 aromatic heterocycles. The second-order valence-corrected chi connectivity index (χ2v) is 5.46. The van der Waals surface area contributed by atoms with E-state index in [9.17, 15) is 4.79 Å². The van der Waals surface area contributed by atoms with E-state index in [1.54, 1.807) is 7.11 Å². The lowest BCUT2D eigenvalue weighted by molar-refractivity contribution is -0.122. The van der Waals surface area contributed by atoms with Crippen LogP contribution in [0.3, 0.4) is 0 Å². The average Bonchev–Trinajstić information content (AvgIpc) is 2.45. The lowest BCUT2D eigenvalue weighted by Crippen LogP contribution is -2.46. The molecule has 0 saturated carbocycles. The lowest BCUT2D eigenvalue weighted by atomic mass is 10.00. The second-order valence-electron chi connectivity index (χ2n) is 5.46. The van der Waals surface area contributed by atoms with Gasteiger partial charge in [0.15, 0.2) is 0 Å². The summed E-state index contributed by atoms with van der Waals surface area (Å²) in [7, 11) is 1.66. The highest BCUT2D eigenvalue weighted by molar-refractivity contribution is 5.76. The number of benzene rings is 1. The molecule has 2 N–H and O–H groups in total. The van der Waals surface area contributed by atoms with Gasteiger partial charge in [0.05, 0.1) is 7.11 Å². The Morgan fingerprint density at radius 1 is 1.45 bits per heavy atom. The van der Waals surface area contributed by atoms with E-state index in [1.807, 2.05) is 24.3 Å². The first-order valence-electron chi connectivity index (χ1n) is 7.33. The van der Waals surface area contributed by atoms with E-state index < -0.39 is 0 Å². The van der Waals surface area contributed by atoms with Gasteiger partial charge >= 0.3 is 0 Å². The van der Waals surface area contributed by atoms with Gasteiger partial charge in [-0.15, -0.1) is 0 Å². The van der Waals surface area contributed by atoms with E-state index in [2.05, 4.69) is 17.6 Å². The Kier molecular flexibility index (Phi) is 5.41. The number of para-hydroxylation sites is 1. The van der Waals surface area contributed by atoms with Gasteiger partial charge in [0.2, 0.25) is 5.91 Å². The molecule has 4 nitrogen and oxygen atoms in total. The Labute approximate surface area is 120 Å². The van der Waals surface area contributed by atoms with Crippen molar-refractivity contribution in [2.45, 2.75) is 44.7 Å². The van der Waals surface area contributed by atoms with Crippen LogP contribution in [0.1, 0.15) is 31.7 Å². The highest BCUT2D eigenvalue weighted by atomic mass is 16.5. The molecule has 0 bridgehead atoms. The SMILES string of the molecule is COc1ccccc1CCC(=O)NC1CCNC(C)C1. The summed E-state index contributed by atoms with van der Waals surface area (Å²) in [5.41, 5.74) is 1.09. The number of amides is 1. The van der Waals surface area contributed by atoms with E-state index >= 15 is 0 Å². The molecular weight excluding hydrogens is 252 g/mol. The van der Waals surface area contributed by atoms with Crippen LogP contribution in [0.2, 0.25) is 0 Å². The number of ether oxygens (including phenoxy) is 1. The summed E-state index contributed by atoms with van der Waals surface area (Å²) in [4.78, 5) is 12.0. The Morgan fingerprint density at radius 3 is 3.00 bits per heavy atom. The zero-order chi connectivity index (χ0) is 14.4. The molecular formula is C16H24N2O2. The van der Waals surface area contributed by atoms with Gasteiger partial charge in [0.1, 0.15) is 5.75 Å². The van der Waals surface area contributed by atoms with Crippen molar-refractivity contribution in [2.24, 2.45) is 0 Å². The van der Waals surface area contributed by atoms with Crippen LogP contribution in [0.25, 0.3) is 0 Å². The quantitative estimate of drug-likeness (QED) is 0.863. The van der Waals surface area contributed by atoms with Crippen LogP contribution in [-0.4, -0.2) is 31.6 Å². The zero-order valence-electron chi connectivity index (χ0n) is 12.3. The standard InChI is InChI=1S/C16H24N2O2/c1-12-11-14(9-10-17-12)18-16(19)8-7-13-5-3-4-6-15(13)20-2/h3-6,12,14,17H,7-11H2,1-2H3,(H,18,19). The third-order valence-corrected chi connectivity index (χ3v) is 3.80. The molecule has 4 heteroatoms. The smallest absolute Gasteiger partial charge is 0.220 e. The van der Waals surface area contributed by atoms with Crippen molar-refractivity contribution in [3.8, 4) is 5.75 Å². The van der Waals surface area contributed by atoms with E-state index in [4.69, 9.17) is 4.74 Å². The largest absolute Gasteiger partial charge is 0.496 e. The van der Waals surface area contributed by atoms with Gasteiger partial charge in [0.25, 0.3) is 0 Å². The molecule has 0 aliphatic carbocycles. The van der Waals surface area contributed by atoms with Gasteiger partial charge in [-0.1, -0.05) is 18.2 Å². The zero-order valence-corrected chi connectivity index (χ0v) is 12.3. The molecule has 1 saturated heterocycles. The molecule has 1 amide bonds. The number of hydrogen-bond donors (Lipinski definition) is 2. The van der Waals surface area contributed by atoms with Crippen LogP contribution >= 0.6 is 0 Å². The molecule has 1 aromatic carbocycles. The first kappa shape index (κ1) is 14.9. The van der Waals surface area contributed by atoms with Crippen molar-refractivity contribution in [1.29, 1.82) is 0 Å². The molecule has 0 spiro atoms. The van der Waals surface area contributed by atoms with Crippen LogP contribution in [-0.2, 0) is 11.2 Å². The molecule has 20 heavy (non-hydrogen) atoms. The number of methoxy groups -OCH3 is 1. The minimum Gasteiger partial charge on any atom is -0.496 e. The number of piperidine rings is 1. The maximum Gasteiger partial charge on any atom is 0.220 e. The fourth-order valence-corrected chi connectivity index (χ4v) is 2.72. The van der Waals surface area contributed by atoms with Crippen LogP contribution in [0.15, 0.2) is 24.3 Å². The minimum atomic E-state index is 0.134. The predicted octanol–water partition coefficient (Wildman–Crippen LogP) is 1.88. The highest BCUT2D eigenvalue weighted by Gasteiger charge is 2.19. The first-order chi connectivity index (χ1) is 9.69. The topological polar surface area (TPSA) is 50.4 Å². The van der Waals surface area contributed by atoms with Crippen molar-refractivity contribution in [3.05, 3.63) is 29.8 Å². The summed E-state index contributed by atoms with van der Waals surface area (Å²) in [6.45, 7) is 3.14. The fourth-order valence-electron chi connectivity index (χ4n) is 2.72. The Bertz CT molecular complexity index is 448. The van der Waals surface area contributed by atoms with Crippen LogP contribution in [0, 0.1) is 0 Å². The Balaban J connectivity index is 1.80. The van der Waals surface area contributed by atoms with Crippen LogP contribution in [0.5, 0.6) is 5.75 Å². The maximum absolute atomic E-state index is 12.0. The molecule has 2 rings (SSSR count). The van der Waals surface area contributed by atoms with Gasteiger partial charge in [0, 0.05) is 18.5 Å². The van der Waals surface area contributed by atoms with Crippen molar-refractivity contribution < 1.29 is 9.53 Å². The van der Waals surface area contributed by atoms with Gasteiger partial charge in [-0.25, -0.2) is 0 Å². The first-order valence-corrected chi connectivity index (χ1v) is 7.33. The number of hydrogen-bond acceptors (Lipinski definition) is 3. The van der Waals surface area contributed by atoms with Crippen molar-refractivity contribution in [2.75, 3.05) is 13.7 Å². The molecule has 1 aliphatic rings. The van der Waals surface area contributed by atoms with Gasteiger partial charge in [-0.2, -0.15) is 0 Å². The average molecular weight is 276 g/mol. The highest BCUT2D eigenvalue weighted by Crippen LogP contribution is 2.18. The molecule has 2 atom stereocenters. The normalized spacial score (nSPS) is 22.3. The monoisotopic (exact) mass is 276 g/mol. The third-order valence-electron chi connectivity index (χ3n) is 3.80. The molecule has 110 valence electrons. The summed E-state index contributed by atoms with van der Waals surface area (Å²) >= 11 is 0. The number of rotatable bonds is 5. The third kappa shape index (κ3) is 4.23. The molecule has 1 aliphatic heterocycles. The summed E-state index contributed by atoms with van der Waals surface area (Å²) in [5.74, 6) is 0.991. The Hall–Kier alpha value is -1.55. The van der Waals surface area contributed by atoms with E-state index in [0.717, 1.165) is 37.1 Å². The minimum absolute atomic E-state index is 0.134. The van der Waals surface area contributed by atoms with E-state index in [1.165, 1.54) is 0 Å². The van der Waals surface area contributed by atoms with Crippen LogP contribution < -0.4 is 15.4 Å².